The van der Waals surface area contributed by atoms with Crippen molar-refractivity contribution in [2.75, 3.05) is 33.5 Å². The third kappa shape index (κ3) is 3.81. The van der Waals surface area contributed by atoms with Crippen molar-refractivity contribution in [1.29, 1.82) is 0 Å². The van der Waals surface area contributed by atoms with Gasteiger partial charge in [0.1, 0.15) is 5.58 Å². The summed E-state index contributed by atoms with van der Waals surface area (Å²) in [5, 5.41) is 10.6. The third-order valence-electron chi connectivity index (χ3n) is 3.76. The Balaban J connectivity index is 2.11. The number of nitrogen functional groups attached to an aromatic ring is 1. The van der Waals surface area contributed by atoms with Gasteiger partial charge in [-0.25, -0.2) is 0 Å². The summed E-state index contributed by atoms with van der Waals surface area (Å²) in [6, 6.07) is 9.47. The molecule has 8 nitrogen and oxygen atoms in total. The average Bonchev–Trinajstić information content (AvgIpc) is 2.68. The fourth-order valence-electron chi connectivity index (χ4n) is 2.52. The van der Waals surface area contributed by atoms with Gasteiger partial charge in [-0.3, -0.25) is 4.79 Å². The van der Waals surface area contributed by atoms with Gasteiger partial charge in [-0.2, -0.15) is 0 Å². The molecule has 1 aromatic heterocycles. The number of methoxy groups -OCH3 is 2. The standard InChI is InChI=1S/C19H19NO7/c1-23-9-25-15-5-3-11(7-16(15)26-10-24-2)19-18(22)17(21)13-8-12(20)4-6-14(13)27-19/h3-8,22H,9-10,20H2,1-2H3. The Morgan fingerprint density at radius 2 is 1.70 bits per heavy atom. The molecule has 1 heterocycles. The molecular weight excluding hydrogens is 354 g/mol. The van der Waals surface area contributed by atoms with Gasteiger partial charge in [0.15, 0.2) is 30.8 Å². The molecule has 0 saturated heterocycles. The van der Waals surface area contributed by atoms with Crippen molar-refractivity contribution < 1.29 is 28.5 Å². The lowest BCUT2D eigenvalue weighted by Crippen LogP contribution is -2.05. The predicted molar refractivity (Wildman–Crippen MR) is 99.0 cm³/mol. The van der Waals surface area contributed by atoms with Crippen molar-refractivity contribution in [3.05, 3.63) is 46.6 Å². The van der Waals surface area contributed by atoms with Crippen LogP contribution in [0.25, 0.3) is 22.3 Å². The minimum absolute atomic E-state index is 0.0119. The maximum absolute atomic E-state index is 12.5. The van der Waals surface area contributed by atoms with E-state index >= 15 is 0 Å². The monoisotopic (exact) mass is 373 g/mol. The van der Waals surface area contributed by atoms with Crippen molar-refractivity contribution in [1.82, 2.24) is 0 Å². The van der Waals surface area contributed by atoms with Crippen LogP contribution in [-0.4, -0.2) is 32.9 Å². The van der Waals surface area contributed by atoms with Crippen molar-refractivity contribution in [2.45, 2.75) is 0 Å². The van der Waals surface area contributed by atoms with Gasteiger partial charge in [-0.05, 0) is 36.4 Å². The summed E-state index contributed by atoms with van der Waals surface area (Å²) >= 11 is 0. The Morgan fingerprint density at radius 1 is 1.00 bits per heavy atom. The highest BCUT2D eigenvalue weighted by Crippen LogP contribution is 2.36. The molecular formula is C19H19NO7. The van der Waals surface area contributed by atoms with E-state index in [2.05, 4.69) is 0 Å². The number of hydrogen-bond acceptors (Lipinski definition) is 8. The highest BCUT2D eigenvalue weighted by molar-refractivity contribution is 5.84. The minimum atomic E-state index is -0.572. The van der Waals surface area contributed by atoms with Gasteiger partial charge >= 0.3 is 0 Å². The molecule has 27 heavy (non-hydrogen) atoms. The number of nitrogens with two attached hydrogens (primary N) is 1. The molecule has 0 aliphatic rings. The quantitative estimate of drug-likeness (QED) is 0.480. The summed E-state index contributed by atoms with van der Waals surface area (Å²) in [5.74, 6) is 0.244. The molecule has 0 bridgehead atoms. The van der Waals surface area contributed by atoms with E-state index in [1.54, 1.807) is 30.3 Å². The Bertz CT molecular complexity index is 1010. The molecule has 0 fully saturated rings. The number of anilines is 1. The molecule has 0 radical (unpaired) electrons. The summed E-state index contributed by atoms with van der Waals surface area (Å²) in [5.41, 5.74) is 6.26. The normalized spacial score (nSPS) is 10.9. The number of ether oxygens (including phenoxy) is 4. The zero-order valence-corrected chi connectivity index (χ0v) is 14.9. The van der Waals surface area contributed by atoms with Crippen molar-refractivity contribution in [3.63, 3.8) is 0 Å². The van der Waals surface area contributed by atoms with Gasteiger partial charge in [-0.1, -0.05) is 0 Å². The van der Waals surface area contributed by atoms with Crippen LogP contribution in [-0.2, 0) is 9.47 Å². The fourth-order valence-corrected chi connectivity index (χ4v) is 2.52. The number of hydrogen-bond donors (Lipinski definition) is 2. The van der Waals surface area contributed by atoms with E-state index in [1.165, 1.54) is 20.3 Å². The molecule has 2 aromatic carbocycles. The highest BCUT2D eigenvalue weighted by Gasteiger charge is 2.18. The topological polar surface area (TPSA) is 113 Å². The second-order valence-corrected chi connectivity index (χ2v) is 5.63. The van der Waals surface area contributed by atoms with Crippen LogP contribution >= 0.6 is 0 Å². The van der Waals surface area contributed by atoms with E-state index < -0.39 is 11.2 Å². The Morgan fingerprint density at radius 3 is 2.41 bits per heavy atom. The van der Waals surface area contributed by atoms with E-state index in [0.29, 0.717) is 28.3 Å². The molecule has 8 heteroatoms. The van der Waals surface area contributed by atoms with E-state index in [-0.39, 0.29) is 24.7 Å². The van der Waals surface area contributed by atoms with Gasteiger partial charge < -0.3 is 34.2 Å². The molecule has 0 aliphatic carbocycles. The van der Waals surface area contributed by atoms with Gasteiger partial charge in [0, 0.05) is 25.5 Å². The van der Waals surface area contributed by atoms with E-state index in [1.807, 2.05) is 0 Å². The van der Waals surface area contributed by atoms with E-state index in [4.69, 9.17) is 29.1 Å². The van der Waals surface area contributed by atoms with Crippen LogP contribution in [0.5, 0.6) is 17.2 Å². The largest absolute Gasteiger partial charge is 0.502 e. The summed E-state index contributed by atoms with van der Waals surface area (Å²) in [7, 11) is 2.98. The van der Waals surface area contributed by atoms with Crippen LogP contribution < -0.4 is 20.6 Å². The Labute approximate surface area is 154 Å². The zero-order valence-electron chi connectivity index (χ0n) is 14.9. The van der Waals surface area contributed by atoms with Crippen molar-refractivity contribution >= 4 is 16.7 Å². The molecule has 0 amide bonds. The SMILES string of the molecule is COCOc1ccc(-c2oc3ccc(N)cc3c(=O)c2O)cc1OCOC. The first-order valence-corrected chi connectivity index (χ1v) is 7.98. The lowest BCUT2D eigenvalue weighted by molar-refractivity contribution is 0.0323. The fraction of sp³-hybridized carbons (Fsp3) is 0.211. The third-order valence-corrected chi connectivity index (χ3v) is 3.76. The second-order valence-electron chi connectivity index (χ2n) is 5.63. The van der Waals surface area contributed by atoms with Crippen LogP contribution in [0.3, 0.4) is 0 Å². The van der Waals surface area contributed by atoms with Crippen LogP contribution in [0.15, 0.2) is 45.6 Å². The smallest absolute Gasteiger partial charge is 0.235 e. The first-order valence-electron chi connectivity index (χ1n) is 7.98. The molecule has 0 atom stereocenters. The van der Waals surface area contributed by atoms with Crippen molar-refractivity contribution in [3.8, 4) is 28.6 Å². The van der Waals surface area contributed by atoms with E-state index in [9.17, 15) is 9.90 Å². The Kier molecular flexibility index (Phi) is 5.49. The zero-order chi connectivity index (χ0) is 19.4. The number of fused-ring (bicyclic) bond motifs is 1. The molecule has 3 N–H and O–H groups in total. The second kappa shape index (κ2) is 7.98. The molecule has 0 spiro atoms. The average molecular weight is 373 g/mol. The first kappa shape index (κ1) is 18.6. The summed E-state index contributed by atoms with van der Waals surface area (Å²) in [4.78, 5) is 12.5. The summed E-state index contributed by atoms with van der Waals surface area (Å²) in [6.07, 6.45) is 0. The van der Waals surface area contributed by atoms with Crippen LogP contribution in [0.4, 0.5) is 5.69 Å². The predicted octanol–water partition coefficient (Wildman–Crippen LogP) is 2.71. The molecule has 0 saturated carbocycles. The number of aromatic hydroxyl groups is 1. The van der Waals surface area contributed by atoms with Crippen molar-refractivity contribution in [2.24, 2.45) is 0 Å². The van der Waals surface area contributed by atoms with Crippen LogP contribution in [0.1, 0.15) is 0 Å². The number of benzene rings is 2. The molecule has 3 aromatic rings. The Hall–Kier alpha value is -3.23. The molecule has 0 unspecified atom stereocenters. The van der Waals surface area contributed by atoms with Gasteiger partial charge in [0.2, 0.25) is 11.2 Å². The maximum atomic E-state index is 12.5. The molecule has 3 rings (SSSR count). The highest BCUT2D eigenvalue weighted by atomic mass is 16.7. The maximum Gasteiger partial charge on any atom is 0.235 e. The lowest BCUT2D eigenvalue weighted by Gasteiger charge is -2.13. The summed E-state index contributed by atoms with van der Waals surface area (Å²) in [6.45, 7) is 0.0140. The first-order chi connectivity index (χ1) is 13.0. The summed E-state index contributed by atoms with van der Waals surface area (Å²) < 4.78 is 26.5. The molecule has 0 aliphatic heterocycles. The van der Waals surface area contributed by atoms with E-state index in [0.717, 1.165) is 0 Å². The van der Waals surface area contributed by atoms with Crippen LogP contribution in [0, 0.1) is 0 Å². The van der Waals surface area contributed by atoms with Crippen LogP contribution in [0.2, 0.25) is 0 Å². The lowest BCUT2D eigenvalue weighted by atomic mass is 10.1. The minimum Gasteiger partial charge on any atom is -0.502 e. The number of rotatable bonds is 7. The van der Waals surface area contributed by atoms with Gasteiger partial charge in [0.05, 0.1) is 5.39 Å². The molecule has 142 valence electrons. The van der Waals surface area contributed by atoms with Gasteiger partial charge in [0.25, 0.3) is 0 Å². The van der Waals surface area contributed by atoms with Gasteiger partial charge in [-0.15, -0.1) is 0 Å².